The maximum atomic E-state index is 6.01. The van der Waals surface area contributed by atoms with Crippen LogP contribution in [-0.2, 0) is 5.88 Å². The molecule has 0 aliphatic carbocycles. The second-order valence-electron chi connectivity index (χ2n) is 4.19. The van der Waals surface area contributed by atoms with Crippen molar-refractivity contribution in [3.8, 4) is 11.4 Å². The molecule has 1 heterocycles. The highest BCUT2D eigenvalue weighted by atomic mass is 35.5. The van der Waals surface area contributed by atoms with Crippen molar-refractivity contribution in [2.75, 3.05) is 7.11 Å². The van der Waals surface area contributed by atoms with Gasteiger partial charge in [0.2, 0.25) is 0 Å². The van der Waals surface area contributed by atoms with Crippen LogP contribution in [0.2, 0.25) is 0 Å². The van der Waals surface area contributed by atoms with Gasteiger partial charge in [-0.1, -0.05) is 18.2 Å². The number of benzene rings is 2. The molecule has 96 valence electrons. The summed E-state index contributed by atoms with van der Waals surface area (Å²) in [5.74, 6) is 2.01. The van der Waals surface area contributed by atoms with E-state index >= 15 is 0 Å². The Morgan fingerprint density at radius 2 is 2.00 bits per heavy atom. The van der Waals surface area contributed by atoms with E-state index in [1.165, 1.54) is 0 Å². The molecule has 0 N–H and O–H groups in total. The predicted molar refractivity (Wildman–Crippen MR) is 77.2 cm³/mol. The maximum absolute atomic E-state index is 6.01. The van der Waals surface area contributed by atoms with Crippen LogP contribution in [0.1, 0.15) is 5.82 Å². The van der Waals surface area contributed by atoms with Crippen LogP contribution in [0.3, 0.4) is 0 Å². The number of nitrogens with zero attached hydrogens (tertiary/aromatic N) is 2. The summed E-state index contributed by atoms with van der Waals surface area (Å²) in [6, 6.07) is 15.9. The molecule has 4 heteroatoms. The lowest BCUT2D eigenvalue weighted by Crippen LogP contribution is -1.99. The third kappa shape index (κ3) is 2.06. The van der Waals surface area contributed by atoms with Crippen molar-refractivity contribution in [2.24, 2.45) is 0 Å². The summed E-state index contributed by atoms with van der Waals surface area (Å²) in [5, 5.41) is 0. The third-order valence-electron chi connectivity index (χ3n) is 3.06. The van der Waals surface area contributed by atoms with Crippen LogP contribution in [0.15, 0.2) is 48.5 Å². The van der Waals surface area contributed by atoms with E-state index in [0.29, 0.717) is 5.88 Å². The average molecular weight is 273 g/mol. The van der Waals surface area contributed by atoms with Crippen LogP contribution < -0.4 is 4.74 Å². The second kappa shape index (κ2) is 4.94. The SMILES string of the molecule is COc1cccc(-n2c(CCl)nc3ccccc32)c1. The Kier molecular flexibility index (Phi) is 3.13. The molecule has 0 atom stereocenters. The molecular weight excluding hydrogens is 260 g/mol. The van der Waals surface area contributed by atoms with Gasteiger partial charge in [-0.25, -0.2) is 4.98 Å². The summed E-state index contributed by atoms with van der Waals surface area (Å²) in [6.07, 6.45) is 0. The van der Waals surface area contributed by atoms with Crippen molar-refractivity contribution >= 4 is 22.6 Å². The standard InChI is InChI=1S/C15H13ClN2O/c1-19-12-6-4-5-11(9-12)18-14-8-3-2-7-13(14)17-15(18)10-16/h2-9H,10H2,1H3. The molecule has 0 spiro atoms. The van der Waals surface area contributed by atoms with Crippen molar-refractivity contribution in [2.45, 2.75) is 5.88 Å². The summed E-state index contributed by atoms with van der Waals surface area (Å²) in [7, 11) is 1.66. The van der Waals surface area contributed by atoms with Crippen molar-refractivity contribution in [1.29, 1.82) is 0 Å². The fourth-order valence-electron chi connectivity index (χ4n) is 2.20. The third-order valence-corrected chi connectivity index (χ3v) is 3.30. The molecule has 3 rings (SSSR count). The van der Waals surface area contributed by atoms with Crippen molar-refractivity contribution < 1.29 is 4.74 Å². The van der Waals surface area contributed by atoms with Crippen LogP contribution in [-0.4, -0.2) is 16.7 Å². The molecule has 2 aromatic carbocycles. The minimum atomic E-state index is 0.367. The Hall–Kier alpha value is -2.00. The van der Waals surface area contributed by atoms with E-state index in [-0.39, 0.29) is 0 Å². The Morgan fingerprint density at radius 1 is 1.16 bits per heavy atom. The summed E-state index contributed by atoms with van der Waals surface area (Å²) >= 11 is 6.01. The molecular formula is C15H13ClN2O. The molecule has 0 aliphatic rings. The number of methoxy groups -OCH3 is 1. The number of fused-ring (bicyclic) bond motifs is 1. The molecule has 0 saturated heterocycles. The number of rotatable bonds is 3. The minimum absolute atomic E-state index is 0.367. The normalized spacial score (nSPS) is 10.8. The van der Waals surface area contributed by atoms with Crippen LogP contribution in [0.4, 0.5) is 0 Å². The van der Waals surface area contributed by atoms with Gasteiger partial charge in [-0.3, -0.25) is 4.57 Å². The molecule has 0 radical (unpaired) electrons. The lowest BCUT2D eigenvalue weighted by molar-refractivity contribution is 0.414. The molecule has 3 aromatic rings. The van der Waals surface area contributed by atoms with E-state index in [9.17, 15) is 0 Å². The number of imidazole rings is 1. The van der Waals surface area contributed by atoms with Crippen LogP contribution >= 0.6 is 11.6 Å². The molecule has 19 heavy (non-hydrogen) atoms. The first kappa shape index (κ1) is 12.1. The van der Waals surface area contributed by atoms with Crippen molar-refractivity contribution in [3.63, 3.8) is 0 Å². The molecule has 3 nitrogen and oxygen atoms in total. The highest BCUT2D eigenvalue weighted by molar-refractivity contribution is 6.17. The van der Waals surface area contributed by atoms with E-state index in [1.54, 1.807) is 7.11 Å². The predicted octanol–water partition coefficient (Wildman–Crippen LogP) is 3.77. The first-order valence-corrected chi connectivity index (χ1v) is 6.53. The van der Waals surface area contributed by atoms with Crippen molar-refractivity contribution in [1.82, 2.24) is 9.55 Å². The Morgan fingerprint density at radius 3 is 2.79 bits per heavy atom. The van der Waals surface area contributed by atoms with Crippen LogP contribution in [0.25, 0.3) is 16.7 Å². The van der Waals surface area contributed by atoms with Gasteiger partial charge in [0.15, 0.2) is 0 Å². The highest BCUT2D eigenvalue weighted by Crippen LogP contribution is 2.24. The van der Waals surface area contributed by atoms with Gasteiger partial charge in [-0.2, -0.15) is 0 Å². The number of ether oxygens (including phenoxy) is 1. The van der Waals surface area contributed by atoms with Gasteiger partial charge in [-0.05, 0) is 24.3 Å². The largest absolute Gasteiger partial charge is 0.497 e. The van der Waals surface area contributed by atoms with Gasteiger partial charge in [-0.15, -0.1) is 11.6 Å². The van der Waals surface area contributed by atoms with Crippen molar-refractivity contribution in [3.05, 3.63) is 54.4 Å². The quantitative estimate of drug-likeness (QED) is 0.679. The van der Waals surface area contributed by atoms with E-state index in [1.807, 2.05) is 48.5 Å². The number of aromatic nitrogens is 2. The zero-order valence-electron chi connectivity index (χ0n) is 10.5. The Balaban J connectivity index is 2.27. The van der Waals surface area contributed by atoms with E-state index < -0.39 is 0 Å². The Labute approximate surface area is 116 Å². The van der Waals surface area contributed by atoms with Crippen LogP contribution in [0.5, 0.6) is 5.75 Å². The molecule has 0 amide bonds. The van der Waals surface area contributed by atoms with Gasteiger partial charge in [0, 0.05) is 6.07 Å². The van der Waals surface area contributed by atoms with Gasteiger partial charge in [0.1, 0.15) is 11.6 Å². The van der Waals surface area contributed by atoms with Crippen LogP contribution in [0, 0.1) is 0 Å². The monoisotopic (exact) mass is 272 g/mol. The Bertz CT molecular complexity index is 721. The molecule has 0 fully saturated rings. The van der Waals surface area contributed by atoms with Gasteiger partial charge in [0.05, 0.1) is 29.7 Å². The molecule has 0 unspecified atom stereocenters. The molecule has 0 saturated carbocycles. The molecule has 0 bridgehead atoms. The number of halogens is 1. The average Bonchev–Trinajstić information content (AvgIpc) is 2.85. The van der Waals surface area contributed by atoms with E-state index in [4.69, 9.17) is 16.3 Å². The number of hydrogen-bond acceptors (Lipinski definition) is 2. The first-order chi connectivity index (χ1) is 9.33. The molecule has 1 aromatic heterocycles. The maximum Gasteiger partial charge on any atom is 0.129 e. The fraction of sp³-hybridized carbons (Fsp3) is 0.133. The van der Waals surface area contributed by atoms with E-state index in [0.717, 1.165) is 28.3 Å². The van der Waals surface area contributed by atoms with E-state index in [2.05, 4.69) is 9.55 Å². The smallest absolute Gasteiger partial charge is 0.129 e. The number of para-hydroxylation sites is 2. The van der Waals surface area contributed by atoms with Gasteiger partial charge in [0.25, 0.3) is 0 Å². The molecule has 0 aliphatic heterocycles. The topological polar surface area (TPSA) is 27.1 Å². The van der Waals surface area contributed by atoms with Gasteiger partial charge >= 0.3 is 0 Å². The lowest BCUT2D eigenvalue weighted by atomic mass is 10.2. The minimum Gasteiger partial charge on any atom is -0.497 e. The number of hydrogen-bond donors (Lipinski definition) is 0. The lowest BCUT2D eigenvalue weighted by Gasteiger charge is -2.09. The zero-order valence-corrected chi connectivity index (χ0v) is 11.3. The summed E-state index contributed by atoms with van der Waals surface area (Å²) in [4.78, 5) is 4.55. The van der Waals surface area contributed by atoms with Gasteiger partial charge < -0.3 is 4.74 Å². The summed E-state index contributed by atoms with van der Waals surface area (Å²) in [5.41, 5.74) is 3.00. The summed E-state index contributed by atoms with van der Waals surface area (Å²) < 4.78 is 7.33. The summed E-state index contributed by atoms with van der Waals surface area (Å²) in [6.45, 7) is 0. The highest BCUT2D eigenvalue weighted by Gasteiger charge is 2.11. The fourth-order valence-corrected chi connectivity index (χ4v) is 2.38. The zero-order chi connectivity index (χ0) is 13.2. The second-order valence-corrected chi connectivity index (χ2v) is 4.45. The first-order valence-electron chi connectivity index (χ1n) is 6.00. The number of alkyl halides is 1.